The van der Waals surface area contributed by atoms with E-state index < -0.39 is 0 Å². The van der Waals surface area contributed by atoms with Crippen LogP contribution in [0.2, 0.25) is 0 Å². The van der Waals surface area contributed by atoms with Crippen LogP contribution in [0.4, 0.5) is 0 Å². The lowest BCUT2D eigenvalue weighted by molar-refractivity contribution is -0.134. The van der Waals surface area contributed by atoms with Gasteiger partial charge in [-0.25, -0.2) is 9.79 Å². The minimum atomic E-state index is -0.236. The summed E-state index contributed by atoms with van der Waals surface area (Å²) in [5, 5.41) is 0. The normalized spacial score (nSPS) is 23.9. The van der Waals surface area contributed by atoms with E-state index in [0.717, 1.165) is 6.42 Å². The van der Waals surface area contributed by atoms with Crippen molar-refractivity contribution in [2.75, 3.05) is 0 Å². The van der Waals surface area contributed by atoms with Gasteiger partial charge in [0.2, 0.25) is 0 Å². The van der Waals surface area contributed by atoms with E-state index in [1.165, 1.54) is 6.40 Å². The number of nitrogens with zero attached hydrogens (tertiary/aromatic N) is 1. The van der Waals surface area contributed by atoms with E-state index in [9.17, 15) is 4.79 Å². The zero-order valence-corrected chi connectivity index (χ0v) is 6.20. The van der Waals surface area contributed by atoms with Crippen molar-refractivity contribution in [3.8, 4) is 0 Å². The van der Waals surface area contributed by atoms with Crippen molar-refractivity contribution in [3.05, 3.63) is 0 Å². The first-order chi connectivity index (χ1) is 4.70. The average molecular weight is 141 g/mol. The zero-order chi connectivity index (χ0) is 7.56. The molecule has 0 aromatic rings. The van der Waals surface area contributed by atoms with Crippen LogP contribution in [-0.4, -0.2) is 18.4 Å². The van der Waals surface area contributed by atoms with E-state index in [-0.39, 0.29) is 12.0 Å². The summed E-state index contributed by atoms with van der Waals surface area (Å²) in [6.45, 7) is 4.11. The van der Waals surface area contributed by atoms with E-state index in [1.807, 2.05) is 0 Å². The van der Waals surface area contributed by atoms with Crippen LogP contribution in [0.25, 0.3) is 0 Å². The minimum Gasteiger partial charge on any atom is -0.413 e. The average Bonchev–Trinajstić information content (AvgIpc) is 2.15. The van der Waals surface area contributed by atoms with Crippen molar-refractivity contribution >= 4 is 12.4 Å². The van der Waals surface area contributed by atoms with Gasteiger partial charge in [0.15, 0.2) is 12.4 Å². The third kappa shape index (κ3) is 1.56. The summed E-state index contributed by atoms with van der Waals surface area (Å²) < 4.78 is 4.54. The summed E-state index contributed by atoms with van der Waals surface area (Å²) in [6.07, 6.45) is 2.02. The Morgan fingerprint density at radius 2 is 2.50 bits per heavy atom. The second kappa shape index (κ2) is 2.82. The molecule has 0 saturated heterocycles. The molecule has 1 aliphatic heterocycles. The third-order valence-electron chi connectivity index (χ3n) is 1.38. The van der Waals surface area contributed by atoms with Crippen molar-refractivity contribution < 1.29 is 9.53 Å². The number of hydrogen-bond donors (Lipinski definition) is 0. The molecule has 56 valence electrons. The standard InChI is InChI=1S/C7H11NO2/c1-5(2)3-6-7(9)10-4-8-6/h4-6H,3H2,1-2H3. The maximum Gasteiger partial charge on any atom is 0.337 e. The van der Waals surface area contributed by atoms with Crippen LogP contribution in [-0.2, 0) is 9.53 Å². The first-order valence-corrected chi connectivity index (χ1v) is 3.42. The van der Waals surface area contributed by atoms with Crippen LogP contribution < -0.4 is 0 Å². The van der Waals surface area contributed by atoms with Gasteiger partial charge in [0.25, 0.3) is 0 Å². The van der Waals surface area contributed by atoms with Gasteiger partial charge >= 0.3 is 5.97 Å². The van der Waals surface area contributed by atoms with Crippen LogP contribution in [0.15, 0.2) is 4.99 Å². The van der Waals surface area contributed by atoms with E-state index in [4.69, 9.17) is 0 Å². The number of esters is 1. The summed E-state index contributed by atoms with van der Waals surface area (Å²) in [7, 11) is 0. The van der Waals surface area contributed by atoms with Gasteiger partial charge in [0.1, 0.15) is 0 Å². The number of carbonyl (C=O) groups excluding carboxylic acids is 1. The molecular formula is C7H11NO2. The first-order valence-electron chi connectivity index (χ1n) is 3.42. The second-order valence-corrected chi connectivity index (χ2v) is 2.84. The second-order valence-electron chi connectivity index (χ2n) is 2.84. The SMILES string of the molecule is CC(C)CC1N=COC1=O. The molecule has 1 unspecified atom stereocenters. The van der Waals surface area contributed by atoms with E-state index in [0.29, 0.717) is 5.92 Å². The van der Waals surface area contributed by atoms with Crippen molar-refractivity contribution in [2.45, 2.75) is 26.3 Å². The summed E-state index contributed by atoms with van der Waals surface area (Å²) in [4.78, 5) is 14.6. The van der Waals surface area contributed by atoms with Gasteiger partial charge in [-0.3, -0.25) is 0 Å². The van der Waals surface area contributed by atoms with Crippen LogP contribution in [0.5, 0.6) is 0 Å². The molecule has 1 aliphatic rings. The Labute approximate surface area is 60.1 Å². The molecule has 0 amide bonds. The highest BCUT2D eigenvalue weighted by atomic mass is 16.5. The molecule has 1 heterocycles. The van der Waals surface area contributed by atoms with E-state index >= 15 is 0 Å². The maximum atomic E-state index is 10.8. The van der Waals surface area contributed by atoms with Gasteiger partial charge in [-0.1, -0.05) is 13.8 Å². The molecule has 0 aliphatic carbocycles. The van der Waals surface area contributed by atoms with Crippen LogP contribution in [0.3, 0.4) is 0 Å². The van der Waals surface area contributed by atoms with Gasteiger partial charge in [-0.2, -0.15) is 0 Å². The molecular weight excluding hydrogens is 130 g/mol. The lowest BCUT2D eigenvalue weighted by Crippen LogP contribution is -2.16. The molecule has 0 radical (unpaired) electrons. The number of aliphatic imine (C=N–C) groups is 1. The smallest absolute Gasteiger partial charge is 0.337 e. The molecule has 0 bridgehead atoms. The van der Waals surface area contributed by atoms with Gasteiger partial charge < -0.3 is 4.74 Å². The number of rotatable bonds is 2. The zero-order valence-electron chi connectivity index (χ0n) is 6.20. The number of cyclic esters (lactones) is 1. The summed E-state index contributed by atoms with van der Waals surface area (Å²) >= 11 is 0. The van der Waals surface area contributed by atoms with E-state index in [2.05, 4.69) is 23.6 Å². The molecule has 1 rings (SSSR count). The van der Waals surface area contributed by atoms with Gasteiger partial charge in [0.05, 0.1) is 0 Å². The largest absolute Gasteiger partial charge is 0.413 e. The quantitative estimate of drug-likeness (QED) is 0.538. The van der Waals surface area contributed by atoms with Crippen LogP contribution >= 0.6 is 0 Å². The summed E-state index contributed by atoms with van der Waals surface area (Å²) in [5.41, 5.74) is 0. The Morgan fingerprint density at radius 1 is 1.80 bits per heavy atom. The Balaban J connectivity index is 2.41. The topological polar surface area (TPSA) is 38.7 Å². The maximum absolute atomic E-state index is 10.8. The Hall–Kier alpha value is -0.860. The molecule has 0 aromatic carbocycles. The van der Waals surface area contributed by atoms with Gasteiger partial charge in [-0.05, 0) is 12.3 Å². The minimum absolute atomic E-state index is 0.214. The van der Waals surface area contributed by atoms with Crippen molar-refractivity contribution in [3.63, 3.8) is 0 Å². The summed E-state index contributed by atoms with van der Waals surface area (Å²) in [6, 6.07) is -0.236. The lowest BCUT2D eigenvalue weighted by Gasteiger charge is -2.05. The van der Waals surface area contributed by atoms with Crippen molar-refractivity contribution in [1.82, 2.24) is 0 Å². The van der Waals surface area contributed by atoms with Crippen LogP contribution in [0, 0.1) is 5.92 Å². The van der Waals surface area contributed by atoms with E-state index in [1.54, 1.807) is 0 Å². The fourth-order valence-corrected chi connectivity index (χ4v) is 0.899. The molecule has 3 nitrogen and oxygen atoms in total. The van der Waals surface area contributed by atoms with Crippen molar-refractivity contribution in [1.29, 1.82) is 0 Å². The molecule has 10 heavy (non-hydrogen) atoms. The predicted octanol–water partition coefficient (Wildman–Crippen LogP) is 0.986. The molecule has 0 saturated carbocycles. The fourth-order valence-electron chi connectivity index (χ4n) is 0.899. The Kier molecular flexibility index (Phi) is 2.04. The monoisotopic (exact) mass is 141 g/mol. The summed E-state index contributed by atoms with van der Waals surface area (Å²) in [5.74, 6) is 0.279. The number of hydrogen-bond acceptors (Lipinski definition) is 3. The van der Waals surface area contributed by atoms with Crippen LogP contribution in [0.1, 0.15) is 20.3 Å². The number of carbonyl (C=O) groups is 1. The van der Waals surface area contributed by atoms with Gasteiger partial charge in [-0.15, -0.1) is 0 Å². The Bertz CT molecular complexity index is 163. The predicted molar refractivity (Wildman–Crippen MR) is 37.8 cm³/mol. The molecule has 0 fully saturated rings. The molecule has 3 heteroatoms. The Morgan fingerprint density at radius 3 is 2.90 bits per heavy atom. The molecule has 0 spiro atoms. The molecule has 1 atom stereocenters. The highest BCUT2D eigenvalue weighted by Gasteiger charge is 2.23. The van der Waals surface area contributed by atoms with Gasteiger partial charge in [0, 0.05) is 0 Å². The van der Waals surface area contributed by atoms with Crippen molar-refractivity contribution in [2.24, 2.45) is 10.9 Å². The highest BCUT2D eigenvalue weighted by molar-refractivity contribution is 5.87. The fraction of sp³-hybridized carbons (Fsp3) is 0.714. The lowest BCUT2D eigenvalue weighted by atomic mass is 10.1. The highest BCUT2D eigenvalue weighted by Crippen LogP contribution is 2.12. The molecule has 0 aromatic heterocycles. The number of ether oxygens (including phenoxy) is 1. The third-order valence-corrected chi connectivity index (χ3v) is 1.38. The molecule has 0 N–H and O–H groups in total. The first kappa shape index (κ1) is 7.25.